The van der Waals surface area contributed by atoms with Crippen LogP contribution in [0.5, 0.6) is 0 Å². The molecular formula is C14H16F2N2S. The lowest BCUT2D eigenvalue weighted by Crippen LogP contribution is -2.22. The smallest absolute Gasteiger partial charge is 0.166 e. The Labute approximate surface area is 116 Å². The van der Waals surface area contributed by atoms with Crippen LogP contribution in [0.3, 0.4) is 0 Å². The molecule has 19 heavy (non-hydrogen) atoms. The lowest BCUT2D eigenvalue weighted by Gasteiger charge is -2.22. The highest BCUT2D eigenvalue weighted by Gasteiger charge is 2.36. The van der Waals surface area contributed by atoms with Crippen molar-refractivity contribution in [1.29, 1.82) is 0 Å². The van der Waals surface area contributed by atoms with Gasteiger partial charge in [0.15, 0.2) is 5.17 Å². The summed E-state index contributed by atoms with van der Waals surface area (Å²) in [6.45, 7) is 8.14. The Morgan fingerprint density at radius 1 is 1.32 bits per heavy atom. The molecule has 2 nitrogen and oxygen atoms in total. The van der Waals surface area contributed by atoms with Crippen LogP contribution in [0, 0.1) is 11.6 Å². The van der Waals surface area contributed by atoms with Gasteiger partial charge in [-0.15, -0.1) is 0 Å². The van der Waals surface area contributed by atoms with Gasteiger partial charge in [0.25, 0.3) is 0 Å². The van der Waals surface area contributed by atoms with Gasteiger partial charge in [-0.1, -0.05) is 32.2 Å². The fraction of sp³-hybridized carbons (Fsp3) is 0.357. The highest BCUT2D eigenvalue weighted by Crippen LogP contribution is 2.43. The van der Waals surface area contributed by atoms with Crippen molar-refractivity contribution >= 4 is 22.6 Å². The SMILES string of the molecule is C=C1SC(Nc2ccc(F)cc2F)=NC1(CC)CC. The second kappa shape index (κ2) is 5.33. The molecule has 5 heteroatoms. The van der Waals surface area contributed by atoms with Crippen molar-refractivity contribution in [2.24, 2.45) is 4.99 Å². The first-order valence-electron chi connectivity index (χ1n) is 6.20. The molecule has 0 aromatic heterocycles. The van der Waals surface area contributed by atoms with Crippen molar-refractivity contribution in [3.8, 4) is 0 Å². The fourth-order valence-electron chi connectivity index (χ4n) is 2.05. The van der Waals surface area contributed by atoms with Crippen LogP contribution >= 0.6 is 11.8 Å². The maximum Gasteiger partial charge on any atom is 0.166 e. The van der Waals surface area contributed by atoms with E-state index in [9.17, 15) is 8.78 Å². The van der Waals surface area contributed by atoms with Crippen molar-refractivity contribution in [2.45, 2.75) is 32.2 Å². The zero-order valence-corrected chi connectivity index (χ0v) is 11.8. The number of hydrogen-bond donors (Lipinski definition) is 1. The summed E-state index contributed by atoms with van der Waals surface area (Å²) < 4.78 is 26.4. The molecule has 0 radical (unpaired) electrons. The van der Waals surface area contributed by atoms with E-state index in [1.165, 1.54) is 23.9 Å². The highest BCUT2D eigenvalue weighted by molar-refractivity contribution is 8.17. The zero-order valence-electron chi connectivity index (χ0n) is 11.0. The van der Waals surface area contributed by atoms with E-state index in [4.69, 9.17) is 0 Å². The lowest BCUT2D eigenvalue weighted by atomic mass is 9.94. The quantitative estimate of drug-likeness (QED) is 0.879. The molecule has 2 rings (SSSR count). The number of nitrogens with zero attached hydrogens (tertiary/aromatic N) is 1. The second-order valence-corrected chi connectivity index (χ2v) is 5.51. The molecular weight excluding hydrogens is 266 g/mol. The van der Waals surface area contributed by atoms with Crippen molar-refractivity contribution in [3.05, 3.63) is 41.3 Å². The first-order valence-corrected chi connectivity index (χ1v) is 7.01. The Bertz CT molecular complexity index is 536. The van der Waals surface area contributed by atoms with Gasteiger partial charge in [-0.2, -0.15) is 0 Å². The Kier molecular flexibility index (Phi) is 3.94. The molecule has 1 aliphatic rings. The minimum absolute atomic E-state index is 0.225. The molecule has 1 aromatic rings. The molecule has 0 spiro atoms. The standard InChI is InChI=1S/C14H16F2N2S/c1-4-14(5-2)9(3)19-13(18-14)17-12-7-6-10(15)8-11(12)16/h6-8H,3-5H2,1-2H3,(H,17,18). The average molecular weight is 282 g/mol. The van der Waals surface area contributed by atoms with E-state index in [0.717, 1.165) is 23.8 Å². The largest absolute Gasteiger partial charge is 0.332 e. The van der Waals surface area contributed by atoms with Gasteiger partial charge >= 0.3 is 0 Å². The zero-order chi connectivity index (χ0) is 14.0. The number of anilines is 1. The average Bonchev–Trinajstić information content (AvgIpc) is 2.70. The number of aliphatic imine (C=N–C) groups is 1. The predicted octanol–water partition coefficient (Wildman–Crippen LogP) is 4.55. The molecule has 1 heterocycles. The van der Waals surface area contributed by atoms with E-state index in [-0.39, 0.29) is 11.2 Å². The molecule has 0 bridgehead atoms. The minimum Gasteiger partial charge on any atom is -0.332 e. The molecule has 0 atom stereocenters. The molecule has 0 amide bonds. The predicted molar refractivity (Wildman–Crippen MR) is 77.5 cm³/mol. The van der Waals surface area contributed by atoms with Gasteiger partial charge in [0, 0.05) is 11.0 Å². The van der Waals surface area contributed by atoms with E-state index in [1.54, 1.807) is 0 Å². The maximum atomic E-state index is 13.6. The lowest BCUT2D eigenvalue weighted by molar-refractivity contribution is 0.496. The summed E-state index contributed by atoms with van der Waals surface area (Å²) in [5, 5.41) is 3.51. The summed E-state index contributed by atoms with van der Waals surface area (Å²) in [6, 6.07) is 3.44. The van der Waals surface area contributed by atoms with Gasteiger partial charge in [-0.25, -0.2) is 8.78 Å². The molecule has 0 saturated carbocycles. The third-order valence-corrected chi connectivity index (χ3v) is 4.41. The van der Waals surface area contributed by atoms with Crippen LogP contribution in [-0.2, 0) is 0 Å². The fourth-order valence-corrected chi connectivity index (χ4v) is 3.19. The Balaban J connectivity index is 2.23. The molecule has 0 saturated heterocycles. The van der Waals surface area contributed by atoms with Gasteiger partial charge in [-0.3, -0.25) is 4.99 Å². The topological polar surface area (TPSA) is 24.4 Å². The van der Waals surface area contributed by atoms with Crippen LogP contribution in [0.1, 0.15) is 26.7 Å². The van der Waals surface area contributed by atoms with Crippen LogP contribution < -0.4 is 5.32 Å². The van der Waals surface area contributed by atoms with Gasteiger partial charge in [0.1, 0.15) is 11.6 Å². The van der Waals surface area contributed by atoms with Crippen molar-refractivity contribution in [2.75, 3.05) is 5.32 Å². The summed E-state index contributed by atoms with van der Waals surface area (Å²) in [7, 11) is 0. The van der Waals surface area contributed by atoms with Crippen LogP contribution in [-0.4, -0.2) is 10.7 Å². The van der Waals surface area contributed by atoms with Gasteiger partial charge < -0.3 is 5.32 Å². The monoisotopic (exact) mass is 282 g/mol. The second-order valence-electron chi connectivity index (χ2n) is 4.43. The normalized spacial score (nSPS) is 17.5. The number of nitrogens with one attached hydrogen (secondary N) is 1. The van der Waals surface area contributed by atoms with Gasteiger partial charge in [0.2, 0.25) is 0 Å². The van der Waals surface area contributed by atoms with Crippen LogP contribution in [0.15, 0.2) is 34.7 Å². The van der Waals surface area contributed by atoms with E-state index in [1.807, 2.05) is 0 Å². The van der Waals surface area contributed by atoms with Crippen LogP contribution in [0.25, 0.3) is 0 Å². The summed E-state index contributed by atoms with van der Waals surface area (Å²) in [4.78, 5) is 5.57. The van der Waals surface area contributed by atoms with E-state index >= 15 is 0 Å². The van der Waals surface area contributed by atoms with Crippen LogP contribution in [0.2, 0.25) is 0 Å². The van der Waals surface area contributed by atoms with E-state index < -0.39 is 11.6 Å². The molecule has 1 aliphatic heterocycles. The first-order chi connectivity index (χ1) is 9.00. The van der Waals surface area contributed by atoms with Crippen molar-refractivity contribution in [1.82, 2.24) is 0 Å². The van der Waals surface area contributed by atoms with E-state index in [0.29, 0.717) is 5.17 Å². The number of thioether (sulfide) groups is 1. The summed E-state index contributed by atoms with van der Waals surface area (Å²) in [5.74, 6) is -1.22. The van der Waals surface area contributed by atoms with Crippen LogP contribution in [0.4, 0.5) is 14.5 Å². The minimum atomic E-state index is -0.626. The van der Waals surface area contributed by atoms with Gasteiger partial charge in [-0.05, 0) is 25.0 Å². The van der Waals surface area contributed by atoms with Crippen molar-refractivity contribution in [3.63, 3.8) is 0 Å². The Morgan fingerprint density at radius 3 is 2.53 bits per heavy atom. The summed E-state index contributed by atoms with van der Waals surface area (Å²) in [6.07, 6.45) is 1.71. The third-order valence-electron chi connectivity index (χ3n) is 3.40. The molecule has 0 aliphatic carbocycles. The van der Waals surface area contributed by atoms with Crippen molar-refractivity contribution < 1.29 is 8.78 Å². The number of amidine groups is 1. The summed E-state index contributed by atoms with van der Waals surface area (Å²) >= 11 is 1.41. The molecule has 1 aromatic carbocycles. The Morgan fingerprint density at radius 2 is 2.00 bits per heavy atom. The third kappa shape index (κ3) is 2.66. The van der Waals surface area contributed by atoms with E-state index in [2.05, 4.69) is 30.7 Å². The Hall–Kier alpha value is -1.36. The molecule has 0 unspecified atom stereocenters. The molecule has 102 valence electrons. The maximum absolute atomic E-state index is 13.6. The number of rotatable bonds is 3. The molecule has 1 N–H and O–H groups in total. The number of hydrogen-bond acceptors (Lipinski definition) is 3. The number of benzene rings is 1. The highest BCUT2D eigenvalue weighted by atomic mass is 32.2. The number of halogens is 2. The summed E-state index contributed by atoms with van der Waals surface area (Å²) in [5.41, 5.74) is -0.0489. The van der Waals surface area contributed by atoms with Gasteiger partial charge in [0.05, 0.1) is 11.2 Å². The first kappa shape index (κ1) is 14.1. The molecule has 0 fully saturated rings.